The van der Waals surface area contributed by atoms with Crippen molar-refractivity contribution in [3.8, 4) is 0 Å². The summed E-state index contributed by atoms with van der Waals surface area (Å²) in [5, 5.41) is 22.1. The number of nitrogens with one attached hydrogen (secondary N) is 2. The Morgan fingerprint density at radius 3 is 1.52 bits per heavy atom. The Bertz CT molecular complexity index is 354. The molecule has 0 aromatic heterocycles. The van der Waals surface area contributed by atoms with Gasteiger partial charge in [0.25, 0.3) is 0 Å². The molecule has 0 aliphatic heterocycles. The molecule has 0 rings (SSSR count). The van der Waals surface area contributed by atoms with E-state index in [-0.39, 0.29) is 36.9 Å². The molecule has 0 amide bonds. The van der Waals surface area contributed by atoms with Gasteiger partial charge >= 0.3 is 11.9 Å². The molecule has 0 aromatic carbocycles. The van der Waals surface area contributed by atoms with Crippen LogP contribution in [0.25, 0.3) is 0 Å². The topological polar surface area (TPSA) is 133 Å². The Morgan fingerprint density at radius 2 is 1.33 bits per heavy atom. The second-order valence-electron chi connectivity index (χ2n) is 4.58. The predicted molar refractivity (Wildman–Crippen MR) is 76.2 cm³/mol. The molecule has 8 heteroatoms. The third-order valence-electron chi connectivity index (χ3n) is 2.50. The van der Waals surface area contributed by atoms with E-state index in [1.165, 1.54) is 20.9 Å². The van der Waals surface area contributed by atoms with Gasteiger partial charge in [-0.05, 0) is 27.9 Å². The summed E-state index contributed by atoms with van der Waals surface area (Å²) in [6.07, 6.45) is 0.324. The number of carboxylic acid groups (broad SMARTS) is 2. The molecule has 8 nitrogen and oxygen atoms in total. The van der Waals surface area contributed by atoms with E-state index in [1.807, 2.05) is 0 Å². The fourth-order valence-corrected chi connectivity index (χ4v) is 1.43. The summed E-state index contributed by atoms with van der Waals surface area (Å²) < 4.78 is 0. The van der Waals surface area contributed by atoms with Crippen LogP contribution in [0.2, 0.25) is 0 Å². The molecule has 0 radical (unpaired) electrons. The number of likely N-dealkylation sites (N-methyl/N-ethyl adjacent to an activating group) is 1. The maximum absolute atomic E-state index is 10.6. The van der Waals surface area contributed by atoms with E-state index >= 15 is 0 Å². The Kier molecular flexibility index (Phi) is 12.3. The molecule has 21 heavy (non-hydrogen) atoms. The number of carbonyl (C=O) groups is 4. The van der Waals surface area contributed by atoms with E-state index in [0.717, 1.165) is 0 Å². The first-order chi connectivity index (χ1) is 9.63. The highest BCUT2D eigenvalue weighted by Crippen LogP contribution is 1.97. The number of rotatable bonds is 9. The number of aliphatic carboxylic acids is 2. The van der Waals surface area contributed by atoms with Crippen molar-refractivity contribution >= 4 is 23.5 Å². The Balaban J connectivity index is 0. The van der Waals surface area contributed by atoms with Gasteiger partial charge in [0.1, 0.15) is 17.6 Å². The van der Waals surface area contributed by atoms with Crippen LogP contribution in [0.4, 0.5) is 0 Å². The normalized spacial score (nSPS) is 12.6. The molecule has 122 valence electrons. The minimum absolute atomic E-state index is 0.00389. The molecule has 2 atom stereocenters. The summed E-state index contributed by atoms with van der Waals surface area (Å²) in [6.45, 7) is 2.82. The zero-order valence-corrected chi connectivity index (χ0v) is 12.8. The standard InChI is InChI=1S/C7H13NO3.C6H11NO3/c1-5(9)3-6(8-2)4-7(10)11;1-4(8)3-5(7-2)6(9)10/h6,8H,3-4H2,1-2H3,(H,10,11);5,7H,3H2,1-2H3,(H,9,10). The molecule has 0 saturated heterocycles. The molecule has 2 unspecified atom stereocenters. The van der Waals surface area contributed by atoms with Crippen LogP contribution in [0.5, 0.6) is 0 Å². The van der Waals surface area contributed by atoms with E-state index in [1.54, 1.807) is 7.05 Å². The monoisotopic (exact) mass is 304 g/mol. The third kappa shape index (κ3) is 14.4. The van der Waals surface area contributed by atoms with Crippen LogP contribution in [-0.4, -0.2) is 59.9 Å². The number of hydrogen-bond acceptors (Lipinski definition) is 6. The first kappa shape index (κ1) is 21.5. The Hall–Kier alpha value is -1.80. The molecule has 0 aliphatic rings. The van der Waals surface area contributed by atoms with Crippen molar-refractivity contribution in [2.75, 3.05) is 14.1 Å². The van der Waals surface area contributed by atoms with Crippen LogP contribution in [0.3, 0.4) is 0 Å². The molecule has 0 heterocycles. The lowest BCUT2D eigenvalue weighted by Crippen LogP contribution is -2.35. The minimum atomic E-state index is -0.988. The summed E-state index contributed by atoms with van der Waals surface area (Å²) in [6, 6.07) is -0.970. The van der Waals surface area contributed by atoms with Gasteiger partial charge in [-0.15, -0.1) is 0 Å². The highest BCUT2D eigenvalue weighted by Gasteiger charge is 2.15. The smallest absolute Gasteiger partial charge is 0.321 e. The predicted octanol–water partition coefficient (Wildman–Crippen LogP) is -0.334. The summed E-state index contributed by atoms with van der Waals surface area (Å²) in [7, 11) is 3.16. The zero-order valence-electron chi connectivity index (χ0n) is 12.8. The molecular formula is C13H24N2O6. The van der Waals surface area contributed by atoms with E-state index in [4.69, 9.17) is 10.2 Å². The maximum Gasteiger partial charge on any atom is 0.321 e. The van der Waals surface area contributed by atoms with Gasteiger partial charge in [-0.3, -0.25) is 19.2 Å². The molecule has 0 bridgehead atoms. The summed E-state index contributed by atoms with van der Waals surface area (Å²) in [5.41, 5.74) is 0. The molecular weight excluding hydrogens is 280 g/mol. The Labute approximate surface area is 123 Å². The second-order valence-corrected chi connectivity index (χ2v) is 4.58. The number of carboxylic acids is 2. The van der Waals surface area contributed by atoms with Crippen LogP contribution >= 0.6 is 0 Å². The first-order valence-electron chi connectivity index (χ1n) is 6.42. The maximum atomic E-state index is 10.6. The summed E-state index contributed by atoms with van der Waals surface area (Å²) >= 11 is 0. The molecule has 0 aromatic rings. The Morgan fingerprint density at radius 1 is 0.857 bits per heavy atom. The lowest BCUT2D eigenvalue weighted by molar-refractivity contribution is -0.141. The zero-order chi connectivity index (χ0) is 17.0. The molecule has 4 N–H and O–H groups in total. The summed E-state index contributed by atoms with van der Waals surface area (Å²) in [4.78, 5) is 41.4. The van der Waals surface area contributed by atoms with Gasteiger partial charge in [0.2, 0.25) is 0 Å². The van der Waals surface area contributed by atoms with Crippen molar-refractivity contribution in [1.29, 1.82) is 0 Å². The van der Waals surface area contributed by atoms with Gasteiger partial charge in [0.15, 0.2) is 0 Å². The van der Waals surface area contributed by atoms with Crippen molar-refractivity contribution in [2.45, 2.75) is 45.2 Å². The van der Waals surface area contributed by atoms with Crippen molar-refractivity contribution in [3.05, 3.63) is 0 Å². The number of Topliss-reactive ketones (excluding diaryl/α,β-unsaturated/α-hetero) is 2. The molecule has 0 aliphatic carbocycles. The lowest BCUT2D eigenvalue weighted by Gasteiger charge is -2.10. The van der Waals surface area contributed by atoms with Gasteiger partial charge < -0.3 is 20.8 Å². The third-order valence-corrected chi connectivity index (χ3v) is 2.50. The number of ketones is 2. The average molecular weight is 304 g/mol. The van der Waals surface area contributed by atoms with E-state index < -0.39 is 18.0 Å². The van der Waals surface area contributed by atoms with Crippen molar-refractivity contribution in [3.63, 3.8) is 0 Å². The van der Waals surface area contributed by atoms with Gasteiger partial charge in [0, 0.05) is 18.9 Å². The minimum Gasteiger partial charge on any atom is -0.481 e. The van der Waals surface area contributed by atoms with Crippen LogP contribution in [0.1, 0.15) is 33.1 Å². The van der Waals surface area contributed by atoms with Crippen molar-refractivity contribution in [1.82, 2.24) is 10.6 Å². The fraction of sp³-hybridized carbons (Fsp3) is 0.692. The van der Waals surface area contributed by atoms with Crippen LogP contribution in [-0.2, 0) is 19.2 Å². The molecule has 0 saturated carbocycles. The summed E-state index contributed by atoms with van der Waals surface area (Å²) in [5.74, 6) is -1.99. The largest absolute Gasteiger partial charge is 0.481 e. The SMILES string of the molecule is CNC(CC(C)=O)C(=O)O.CNC(CC(C)=O)CC(=O)O. The van der Waals surface area contributed by atoms with E-state index in [0.29, 0.717) is 0 Å². The average Bonchev–Trinajstić information content (AvgIpc) is 2.34. The van der Waals surface area contributed by atoms with Crippen LogP contribution in [0, 0.1) is 0 Å². The van der Waals surface area contributed by atoms with Gasteiger partial charge in [0.05, 0.1) is 6.42 Å². The van der Waals surface area contributed by atoms with Crippen LogP contribution in [0.15, 0.2) is 0 Å². The molecule has 0 fully saturated rings. The van der Waals surface area contributed by atoms with Crippen LogP contribution < -0.4 is 10.6 Å². The lowest BCUT2D eigenvalue weighted by atomic mass is 10.1. The number of carbonyl (C=O) groups excluding carboxylic acids is 2. The highest BCUT2D eigenvalue weighted by atomic mass is 16.4. The van der Waals surface area contributed by atoms with Gasteiger partial charge in [-0.1, -0.05) is 0 Å². The first-order valence-corrected chi connectivity index (χ1v) is 6.42. The van der Waals surface area contributed by atoms with Crippen molar-refractivity contribution < 1.29 is 29.4 Å². The van der Waals surface area contributed by atoms with Gasteiger partial charge in [-0.25, -0.2) is 0 Å². The van der Waals surface area contributed by atoms with Crippen molar-refractivity contribution in [2.24, 2.45) is 0 Å². The fourth-order valence-electron chi connectivity index (χ4n) is 1.43. The van der Waals surface area contributed by atoms with Gasteiger partial charge in [-0.2, -0.15) is 0 Å². The highest BCUT2D eigenvalue weighted by molar-refractivity contribution is 5.84. The quantitative estimate of drug-likeness (QED) is 0.455. The second kappa shape index (κ2) is 12.0. The number of hydrogen-bond donors (Lipinski definition) is 4. The van der Waals surface area contributed by atoms with E-state index in [2.05, 4.69) is 10.6 Å². The molecule has 0 spiro atoms. The van der Waals surface area contributed by atoms with E-state index in [9.17, 15) is 19.2 Å².